The number of nitrogens with one attached hydrogen (secondary N) is 1. The van der Waals surface area contributed by atoms with E-state index in [0.29, 0.717) is 33.6 Å². The van der Waals surface area contributed by atoms with Crippen molar-refractivity contribution in [1.29, 1.82) is 0 Å². The van der Waals surface area contributed by atoms with E-state index < -0.39 is 37.3 Å². The molecule has 5 nitrogen and oxygen atoms in total. The van der Waals surface area contributed by atoms with Gasteiger partial charge in [0.2, 0.25) is 0 Å². The average molecular weight is 552 g/mol. The number of rotatable bonds is 3. The topological polar surface area (TPSA) is 54.3 Å². The zero-order chi connectivity index (χ0) is 28.7. The van der Waals surface area contributed by atoms with Crippen molar-refractivity contribution in [3.8, 4) is 11.5 Å². The molecule has 2 aromatic carbocycles. The third-order valence-electron chi connectivity index (χ3n) is 8.69. The van der Waals surface area contributed by atoms with Crippen LogP contribution in [0.2, 0.25) is 16.6 Å². The maximum atomic E-state index is 14.1. The second kappa shape index (κ2) is 8.75. The number of amides is 2. The van der Waals surface area contributed by atoms with Crippen LogP contribution in [0.1, 0.15) is 63.9 Å². The first kappa shape index (κ1) is 27.1. The van der Waals surface area contributed by atoms with Crippen LogP contribution in [0.3, 0.4) is 0 Å². The number of carbonyl (C=O) groups excluding carboxylic acids is 2. The summed E-state index contributed by atoms with van der Waals surface area (Å²) in [5.74, 6) is 2.73. The molecule has 1 aromatic heterocycles. The Bertz CT molecular complexity index is 1570. The number of fused-ring (bicyclic) bond motifs is 3. The van der Waals surface area contributed by atoms with Crippen molar-refractivity contribution >= 4 is 36.6 Å². The summed E-state index contributed by atoms with van der Waals surface area (Å²) in [4.78, 5) is 29.0. The van der Waals surface area contributed by atoms with Crippen LogP contribution < -0.4 is 10.2 Å². The van der Waals surface area contributed by atoms with Gasteiger partial charge in [-0.15, -0.1) is 5.54 Å². The molecule has 9 heteroatoms. The van der Waals surface area contributed by atoms with Gasteiger partial charge in [0.1, 0.15) is 13.8 Å². The van der Waals surface area contributed by atoms with Crippen LogP contribution in [0.4, 0.5) is 23.7 Å². The summed E-state index contributed by atoms with van der Waals surface area (Å²) >= 11 is 0. The zero-order valence-electron chi connectivity index (χ0n) is 23.1. The van der Waals surface area contributed by atoms with E-state index >= 15 is 0 Å². The van der Waals surface area contributed by atoms with Crippen molar-refractivity contribution in [2.45, 2.75) is 69.9 Å². The number of halogens is 3. The number of para-hydroxylation sites is 1. The summed E-state index contributed by atoms with van der Waals surface area (Å²) in [7, 11) is -0.639. The summed E-state index contributed by atoms with van der Waals surface area (Å²) in [6.45, 7) is 13.0. The molecule has 3 heterocycles. The first-order chi connectivity index (χ1) is 18.2. The van der Waals surface area contributed by atoms with Crippen LogP contribution >= 0.6 is 0 Å². The van der Waals surface area contributed by atoms with Crippen LogP contribution in [0.25, 0.3) is 10.9 Å². The second-order valence-electron chi connectivity index (χ2n) is 11.5. The summed E-state index contributed by atoms with van der Waals surface area (Å²) in [5, 5.41) is 3.05. The molecule has 0 aliphatic carbocycles. The summed E-state index contributed by atoms with van der Waals surface area (Å²) in [5.41, 5.74) is 3.61. The van der Waals surface area contributed by atoms with E-state index in [9.17, 15) is 22.8 Å². The normalized spacial score (nSPS) is 18.8. The molecular formula is C30H32F3N3O2Si. The van der Waals surface area contributed by atoms with Crippen molar-refractivity contribution in [2.75, 3.05) is 11.9 Å². The Balaban J connectivity index is 1.86. The number of carbonyl (C=O) groups is 2. The molecule has 1 N–H and O–H groups in total. The first-order valence-electron chi connectivity index (χ1n) is 13.2. The van der Waals surface area contributed by atoms with E-state index in [1.165, 1.54) is 9.47 Å². The molecule has 5 rings (SSSR count). The van der Waals surface area contributed by atoms with Gasteiger partial charge in [0, 0.05) is 29.2 Å². The Morgan fingerprint density at radius 1 is 0.923 bits per heavy atom. The van der Waals surface area contributed by atoms with E-state index in [-0.39, 0.29) is 16.5 Å². The lowest BCUT2D eigenvalue weighted by Gasteiger charge is -2.38. The lowest BCUT2D eigenvalue weighted by molar-refractivity contribution is -0.137. The fraction of sp³-hybridized carbons (Fsp3) is 0.400. The maximum Gasteiger partial charge on any atom is 0.416 e. The van der Waals surface area contributed by atoms with Gasteiger partial charge >= 0.3 is 12.2 Å². The number of likely N-dealkylation sites (N-methyl/N-ethyl adjacent to an activating group) is 1. The van der Waals surface area contributed by atoms with E-state index in [1.807, 2.05) is 0 Å². The largest absolute Gasteiger partial charge is 0.416 e. The highest BCUT2D eigenvalue weighted by Gasteiger charge is 2.56. The van der Waals surface area contributed by atoms with Crippen molar-refractivity contribution < 1.29 is 22.8 Å². The minimum Gasteiger partial charge on any atom is -0.315 e. The second-order valence-corrected chi connectivity index (χ2v) is 17.1. The third kappa shape index (κ3) is 3.60. The third-order valence-corrected chi connectivity index (χ3v) is 15.0. The van der Waals surface area contributed by atoms with Gasteiger partial charge in [-0.25, -0.2) is 4.79 Å². The fourth-order valence-corrected chi connectivity index (χ4v) is 12.1. The number of hydrogen-bond acceptors (Lipinski definition) is 2. The monoisotopic (exact) mass is 551 g/mol. The Labute approximate surface area is 227 Å². The van der Waals surface area contributed by atoms with Crippen LogP contribution in [0.15, 0.2) is 42.5 Å². The SMILES string of the molecule is CC(C)[Si](C#Cc1cc2cc(C(F)(F)F)cc3c2n1C(=O)NC31C(=O)N(C)c2ccccc21)(C(C)C)C(C)C. The van der Waals surface area contributed by atoms with Gasteiger partial charge in [-0.3, -0.25) is 9.36 Å². The molecule has 0 saturated carbocycles. The average Bonchev–Trinajstić information content (AvgIpc) is 3.32. The smallest absolute Gasteiger partial charge is 0.315 e. The molecular weight excluding hydrogens is 519 g/mol. The number of hydrogen-bond donors (Lipinski definition) is 1. The van der Waals surface area contributed by atoms with Gasteiger partial charge < -0.3 is 10.2 Å². The van der Waals surface area contributed by atoms with Crippen molar-refractivity contribution in [1.82, 2.24) is 9.88 Å². The molecule has 3 aromatic rings. The number of nitrogens with zero attached hydrogens (tertiary/aromatic N) is 2. The fourth-order valence-electron chi connectivity index (χ4n) is 6.93. The van der Waals surface area contributed by atoms with Crippen molar-refractivity contribution in [3.05, 3.63) is 64.8 Å². The van der Waals surface area contributed by atoms with Gasteiger partial charge in [0.05, 0.1) is 11.1 Å². The highest BCUT2D eigenvalue weighted by molar-refractivity contribution is 6.90. The van der Waals surface area contributed by atoms with Crippen LogP contribution in [0, 0.1) is 11.5 Å². The molecule has 0 saturated heterocycles. The van der Waals surface area contributed by atoms with Crippen LogP contribution in [0.5, 0.6) is 0 Å². The van der Waals surface area contributed by atoms with Crippen molar-refractivity contribution in [3.63, 3.8) is 0 Å². The predicted molar refractivity (Wildman–Crippen MR) is 149 cm³/mol. The summed E-state index contributed by atoms with van der Waals surface area (Å²) in [6, 6.07) is 9.86. The minimum absolute atomic E-state index is 0.0989. The van der Waals surface area contributed by atoms with Gasteiger partial charge in [-0.05, 0) is 40.9 Å². The Morgan fingerprint density at radius 3 is 2.13 bits per heavy atom. The highest BCUT2D eigenvalue weighted by atomic mass is 28.3. The molecule has 2 aliphatic heterocycles. The van der Waals surface area contributed by atoms with Crippen LogP contribution in [-0.4, -0.2) is 31.6 Å². The van der Waals surface area contributed by atoms with E-state index in [0.717, 1.165) is 12.1 Å². The van der Waals surface area contributed by atoms with Gasteiger partial charge in [0.25, 0.3) is 5.91 Å². The number of aromatic nitrogens is 1. The van der Waals surface area contributed by atoms with E-state index in [4.69, 9.17) is 0 Å². The molecule has 0 bridgehead atoms. The lowest BCUT2D eigenvalue weighted by Crippen LogP contribution is -2.57. The molecule has 2 aliphatic rings. The standard InChI is InChI=1S/C30H32F3N3O2Si/c1-17(2)39(18(3)4,19(5)6)13-12-22-15-20-14-21(30(31,32)33)16-24-26(20)36(22)28(38)34-29(24)23-10-8-9-11-25(23)35(7)27(29)37/h8-11,14-19H,1-7H3,(H,34,38). The Kier molecular flexibility index (Phi) is 6.07. The molecule has 1 atom stereocenters. The number of anilines is 1. The van der Waals surface area contributed by atoms with E-state index in [2.05, 4.69) is 58.3 Å². The van der Waals surface area contributed by atoms with Gasteiger partial charge in [-0.1, -0.05) is 65.7 Å². The van der Waals surface area contributed by atoms with Gasteiger partial charge in [0.15, 0.2) is 5.54 Å². The molecule has 0 fully saturated rings. The molecule has 2 amide bonds. The maximum absolute atomic E-state index is 14.1. The first-order valence-corrected chi connectivity index (χ1v) is 15.4. The quantitative estimate of drug-likeness (QED) is 0.281. The molecule has 39 heavy (non-hydrogen) atoms. The highest BCUT2D eigenvalue weighted by Crippen LogP contribution is 2.49. The molecule has 0 radical (unpaired) electrons. The lowest BCUT2D eigenvalue weighted by atomic mass is 9.81. The minimum atomic E-state index is -4.65. The molecule has 204 valence electrons. The van der Waals surface area contributed by atoms with Gasteiger partial charge in [-0.2, -0.15) is 13.2 Å². The number of alkyl halides is 3. The Morgan fingerprint density at radius 2 is 1.54 bits per heavy atom. The molecule has 1 spiro atoms. The zero-order valence-corrected chi connectivity index (χ0v) is 24.1. The summed E-state index contributed by atoms with van der Waals surface area (Å²) in [6.07, 6.45) is -4.65. The summed E-state index contributed by atoms with van der Waals surface area (Å²) < 4.78 is 43.8. The van der Waals surface area contributed by atoms with Crippen LogP contribution in [-0.2, 0) is 16.5 Å². The Hall–Kier alpha value is -3.51. The van der Waals surface area contributed by atoms with E-state index in [1.54, 1.807) is 37.4 Å². The number of benzene rings is 2. The predicted octanol–water partition coefficient (Wildman–Crippen LogP) is 7.02. The van der Waals surface area contributed by atoms with Crippen molar-refractivity contribution in [2.24, 2.45) is 0 Å². The molecule has 1 unspecified atom stereocenters.